The number of hydrogen-bond acceptors (Lipinski definition) is 4. The van der Waals surface area contributed by atoms with E-state index in [9.17, 15) is 26.4 Å². The van der Waals surface area contributed by atoms with Crippen molar-refractivity contribution in [2.45, 2.75) is 15.5 Å². The number of amides is 1. The van der Waals surface area contributed by atoms with Crippen LogP contribution in [0.4, 0.5) is 24.5 Å². The number of nitrogens with one attached hydrogen (secondary N) is 2. The lowest BCUT2D eigenvalue weighted by molar-refractivity contribution is 0.102. The van der Waals surface area contributed by atoms with Gasteiger partial charge in [-0.05, 0) is 66.7 Å². The van der Waals surface area contributed by atoms with Crippen molar-refractivity contribution in [2.75, 3.05) is 10.0 Å². The van der Waals surface area contributed by atoms with E-state index in [1.807, 2.05) is 0 Å². The summed E-state index contributed by atoms with van der Waals surface area (Å²) in [6.07, 6.45) is 0. The molecule has 0 fully saturated rings. The summed E-state index contributed by atoms with van der Waals surface area (Å²) >= 11 is 6.23. The molecule has 1 amide bonds. The van der Waals surface area contributed by atoms with E-state index >= 15 is 0 Å². The minimum Gasteiger partial charge on any atom is -0.321 e. The number of carbonyl (C=O) groups excluding carboxylic acids is 1. The lowest BCUT2D eigenvalue weighted by Crippen LogP contribution is -2.15. The first-order valence-electron chi connectivity index (χ1n) is 8.58. The molecular formula is C20H14ClF3N2O3S2. The molecule has 3 aromatic rings. The van der Waals surface area contributed by atoms with Crippen LogP contribution >= 0.6 is 23.4 Å². The normalized spacial score (nSPS) is 11.4. The van der Waals surface area contributed by atoms with Gasteiger partial charge in [-0.2, -0.15) is 8.78 Å². The van der Waals surface area contributed by atoms with Crippen LogP contribution in [-0.2, 0) is 10.0 Å². The lowest BCUT2D eigenvalue weighted by Gasteiger charge is -2.10. The minimum atomic E-state index is -3.96. The number of benzene rings is 3. The fraction of sp³-hybridized carbons (Fsp3) is 0.0500. The Morgan fingerprint density at radius 3 is 2.19 bits per heavy atom. The summed E-state index contributed by atoms with van der Waals surface area (Å²) in [4.78, 5) is 12.5. The largest absolute Gasteiger partial charge is 0.321 e. The maximum absolute atomic E-state index is 13.1. The molecule has 0 spiro atoms. The predicted molar refractivity (Wildman–Crippen MR) is 115 cm³/mol. The summed E-state index contributed by atoms with van der Waals surface area (Å²) in [6.45, 7) is 0. The zero-order valence-corrected chi connectivity index (χ0v) is 17.9. The van der Waals surface area contributed by atoms with Crippen molar-refractivity contribution in [1.29, 1.82) is 0 Å². The molecule has 0 unspecified atom stereocenters. The van der Waals surface area contributed by atoms with E-state index in [4.69, 9.17) is 11.6 Å². The number of hydrogen-bond donors (Lipinski definition) is 2. The van der Waals surface area contributed by atoms with Crippen molar-refractivity contribution in [3.05, 3.63) is 83.1 Å². The van der Waals surface area contributed by atoms with Gasteiger partial charge in [0, 0.05) is 16.1 Å². The van der Waals surface area contributed by atoms with E-state index in [1.54, 1.807) is 0 Å². The monoisotopic (exact) mass is 486 g/mol. The molecule has 3 rings (SSSR count). The highest BCUT2D eigenvalue weighted by Gasteiger charge is 2.16. The smallest absolute Gasteiger partial charge is 0.288 e. The molecular weight excluding hydrogens is 473 g/mol. The van der Waals surface area contributed by atoms with Crippen molar-refractivity contribution in [3.8, 4) is 0 Å². The molecule has 0 saturated heterocycles. The molecule has 11 heteroatoms. The number of sulfonamides is 1. The molecule has 0 saturated carbocycles. The Labute approximate surface area is 185 Å². The second-order valence-corrected chi connectivity index (χ2v) is 9.26. The van der Waals surface area contributed by atoms with E-state index in [-0.39, 0.29) is 26.9 Å². The third-order valence-electron chi connectivity index (χ3n) is 3.94. The first-order valence-corrected chi connectivity index (χ1v) is 11.3. The highest BCUT2D eigenvalue weighted by atomic mass is 35.5. The number of carbonyl (C=O) groups is 1. The van der Waals surface area contributed by atoms with Crippen molar-refractivity contribution in [3.63, 3.8) is 0 Å². The van der Waals surface area contributed by atoms with Crippen LogP contribution in [0.3, 0.4) is 0 Å². The van der Waals surface area contributed by atoms with E-state index in [0.29, 0.717) is 16.7 Å². The van der Waals surface area contributed by atoms with Gasteiger partial charge in [0.15, 0.2) is 0 Å². The highest BCUT2D eigenvalue weighted by Crippen LogP contribution is 2.27. The predicted octanol–water partition coefficient (Wildman–Crippen LogP) is 5.85. The number of alkyl halides is 2. The lowest BCUT2D eigenvalue weighted by atomic mass is 10.2. The third kappa shape index (κ3) is 6.16. The fourth-order valence-corrected chi connectivity index (χ4v) is 4.26. The molecule has 0 bridgehead atoms. The van der Waals surface area contributed by atoms with Gasteiger partial charge in [0.05, 0.1) is 15.6 Å². The summed E-state index contributed by atoms with van der Waals surface area (Å²) in [6, 6.07) is 14.1. The van der Waals surface area contributed by atoms with Crippen LogP contribution in [0, 0.1) is 5.82 Å². The van der Waals surface area contributed by atoms with Crippen LogP contribution in [-0.4, -0.2) is 20.1 Å². The van der Waals surface area contributed by atoms with Crippen molar-refractivity contribution in [2.24, 2.45) is 0 Å². The SMILES string of the molecule is O=C(Nc1ccc(F)cc1Cl)c1ccc(S(=O)(=O)Nc2ccc(SC(F)F)cc2)cc1. The summed E-state index contributed by atoms with van der Waals surface area (Å²) < 4.78 is 65.2. The van der Waals surface area contributed by atoms with E-state index in [0.717, 1.165) is 12.1 Å². The topological polar surface area (TPSA) is 75.3 Å². The average Bonchev–Trinajstić information content (AvgIpc) is 2.71. The molecule has 0 heterocycles. The van der Waals surface area contributed by atoms with Crippen LogP contribution < -0.4 is 10.0 Å². The molecule has 0 aliphatic rings. The highest BCUT2D eigenvalue weighted by molar-refractivity contribution is 7.99. The Morgan fingerprint density at radius 2 is 1.61 bits per heavy atom. The molecule has 162 valence electrons. The van der Waals surface area contributed by atoms with Gasteiger partial charge >= 0.3 is 0 Å². The van der Waals surface area contributed by atoms with Gasteiger partial charge < -0.3 is 5.32 Å². The van der Waals surface area contributed by atoms with E-state index < -0.39 is 27.5 Å². The summed E-state index contributed by atoms with van der Waals surface area (Å²) in [7, 11) is -3.96. The first-order chi connectivity index (χ1) is 14.6. The summed E-state index contributed by atoms with van der Waals surface area (Å²) in [5.41, 5.74) is 0.569. The van der Waals surface area contributed by atoms with Gasteiger partial charge in [-0.1, -0.05) is 23.4 Å². The number of rotatable bonds is 7. The standard InChI is InChI=1S/C20H14ClF3N2O3S2/c21-17-11-13(22)3-10-18(17)25-19(27)12-1-8-16(9-2-12)31(28,29)26-14-4-6-15(7-5-14)30-20(23)24/h1-11,20,26H,(H,25,27). The number of thioether (sulfide) groups is 1. The van der Waals surface area contributed by atoms with Crippen molar-refractivity contribution in [1.82, 2.24) is 0 Å². The molecule has 0 atom stereocenters. The Bertz CT molecular complexity index is 1190. The molecule has 0 aliphatic carbocycles. The molecule has 3 aromatic carbocycles. The van der Waals surface area contributed by atoms with E-state index in [2.05, 4.69) is 10.0 Å². The molecule has 0 aliphatic heterocycles. The molecule has 5 nitrogen and oxygen atoms in total. The Hall–Kier alpha value is -2.69. The molecule has 31 heavy (non-hydrogen) atoms. The Morgan fingerprint density at radius 1 is 0.968 bits per heavy atom. The second kappa shape index (κ2) is 9.63. The van der Waals surface area contributed by atoms with Gasteiger partial charge in [-0.3, -0.25) is 9.52 Å². The zero-order chi connectivity index (χ0) is 22.6. The van der Waals surface area contributed by atoms with Crippen LogP contribution in [0.15, 0.2) is 76.5 Å². The maximum Gasteiger partial charge on any atom is 0.288 e. The Balaban J connectivity index is 1.70. The van der Waals surface area contributed by atoms with Crippen molar-refractivity contribution >= 4 is 50.7 Å². The van der Waals surface area contributed by atoms with Gasteiger partial charge in [-0.15, -0.1) is 0 Å². The van der Waals surface area contributed by atoms with Gasteiger partial charge in [-0.25, -0.2) is 12.8 Å². The first kappa shape index (κ1) is 23.0. The minimum absolute atomic E-state index is 0.0229. The number of anilines is 2. The maximum atomic E-state index is 13.1. The van der Waals surface area contributed by atoms with E-state index in [1.165, 1.54) is 54.6 Å². The van der Waals surface area contributed by atoms with Crippen LogP contribution in [0.5, 0.6) is 0 Å². The molecule has 0 aromatic heterocycles. The summed E-state index contributed by atoms with van der Waals surface area (Å²) in [5, 5.41) is 2.54. The summed E-state index contributed by atoms with van der Waals surface area (Å²) in [5.74, 6) is -3.68. The quantitative estimate of drug-likeness (QED) is 0.411. The van der Waals surface area contributed by atoms with Crippen LogP contribution in [0.1, 0.15) is 10.4 Å². The van der Waals surface area contributed by atoms with Crippen molar-refractivity contribution < 1.29 is 26.4 Å². The third-order valence-corrected chi connectivity index (χ3v) is 6.37. The van der Waals surface area contributed by atoms with Crippen LogP contribution in [0.2, 0.25) is 5.02 Å². The van der Waals surface area contributed by atoms with Crippen LogP contribution in [0.25, 0.3) is 0 Å². The molecule has 2 N–H and O–H groups in total. The zero-order valence-electron chi connectivity index (χ0n) is 15.5. The average molecular weight is 487 g/mol. The second-order valence-electron chi connectivity index (χ2n) is 6.11. The van der Waals surface area contributed by atoms with Gasteiger partial charge in [0.25, 0.3) is 21.7 Å². The van der Waals surface area contributed by atoms with Gasteiger partial charge in [0.1, 0.15) is 5.82 Å². The fourth-order valence-electron chi connectivity index (χ4n) is 2.49. The Kier molecular flexibility index (Phi) is 7.14. The number of halogens is 4. The molecule has 0 radical (unpaired) electrons. The van der Waals surface area contributed by atoms with Gasteiger partial charge in [0.2, 0.25) is 0 Å².